The molecule has 0 saturated heterocycles. The van der Waals surface area contributed by atoms with Gasteiger partial charge in [0.15, 0.2) is 0 Å². The summed E-state index contributed by atoms with van der Waals surface area (Å²) in [6.45, 7) is 3.96. The first kappa shape index (κ1) is 16.1. The summed E-state index contributed by atoms with van der Waals surface area (Å²) in [6, 6.07) is 4.10. The molecule has 108 valence electrons. The standard InChI is InChI=1S/C12H20N2O3S2/c1-9(8-11-5-4-10(2)18-11)14-12(15)6-7-19(16,17)13-3/h4-5,9,13H,6-8H2,1-3H3,(H,14,15)/t9-/m0/s1. The minimum absolute atomic E-state index is 0.00263. The van der Waals surface area contributed by atoms with E-state index in [0.717, 1.165) is 6.42 Å². The zero-order chi connectivity index (χ0) is 14.5. The number of aryl methyl sites for hydroxylation is 1. The number of thiophene rings is 1. The molecule has 1 amide bonds. The van der Waals surface area contributed by atoms with Crippen LogP contribution in [0.3, 0.4) is 0 Å². The summed E-state index contributed by atoms with van der Waals surface area (Å²) in [4.78, 5) is 14.1. The van der Waals surface area contributed by atoms with Gasteiger partial charge in [0.2, 0.25) is 15.9 Å². The van der Waals surface area contributed by atoms with Gasteiger partial charge in [0.1, 0.15) is 0 Å². The summed E-state index contributed by atoms with van der Waals surface area (Å²) in [7, 11) is -1.97. The Hall–Kier alpha value is -0.920. The molecule has 1 rings (SSSR count). The highest BCUT2D eigenvalue weighted by Gasteiger charge is 2.13. The van der Waals surface area contributed by atoms with Crippen LogP contribution in [-0.4, -0.2) is 33.2 Å². The Morgan fingerprint density at radius 1 is 1.42 bits per heavy atom. The monoisotopic (exact) mass is 304 g/mol. The second-order valence-corrected chi connectivity index (χ2v) is 7.88. The maximum atomic E-state index is 11.6. The van der Waals surface area contributed by atoms with Crippen LogP contribution in [0, 0.1) is 6.92 Å². The van der Waals surface area contributed by atoms with Crippen molar-refractivity contribution in [1.82, 2.24) is 10.0 Å². The van der Waals surface area contributed by atoms with Crippen molar-refractivity contribution < 1.29 is 13.2 Å². The first-order chi connectivity index (χ1) is 8.82. The van der Waals surface area contributed by atoms with Gasteiger partial charge in [0.05, 0.1) is 5.75 Å². The molecule has 1 aromatic rings. The van der Waals surface area contributed by atoms with E-state index in [9.17, 15) is 13.2 Å². The van der Waals surface area contributed by atoms with Crippen LogP contribution in [0.5, 0.6) is 0 Å². The summed E-state index contributed by atoms with van der Waals surface area (Å²) in [6.07, 6.45) is 0.750. The van der Waals surface area contributed by atoms with E-state index in [2.05, 4.69) is 10.0 Å². The van der Waals surface area contributed by atoms with Crippen molar-refractivity contribution >= 4 is 27.3 Å². The molecule has 1 aromatic heterocycles. The van der Waals surface area contributed by atoms with Crippen molar-refractivity contribution in [1.29, 1.82) is 0 Å². The van der Waals surface area contributed by atoms with E-state index in [-0.39, 0.29) is 24.1 Å². The van der Waals surface area contributed by atoms with E-state index in [1.807, 2.05) is 26.0 Å². The molecule has 0 bridgehead atoms. The van der Waals surface area contributed by atoms with Crippen LogP contribution in [0.2, 0.25) is 0 Å². The fraction of sp³-hybridized carbons (Fsp3) is 0.583. The average molecular weight is 304 g/mol. The molecule has 5 nitrogen and oxygen atoms in total. The number of hydrogen-bond donors (Lipinski definition) is 2. The molecule has 1 heterocycles. The highest BCUT2D eigenvalue weighted by Crippen LogP contribution is 2.16. The van der Waals surface area contributed by atoms with Crippen molar-refractivity contribution in [3.8, 4) is 0 Å². The Morgan fingerprint density at radius 2 is 2.11 bits per heavy atom. The third kappa shape index (κ3) is 6.17. The second-order valence-electron chi connectivity index (χ2n) is 4.46. The zero-order valence-electron chi connectivity index (χ0n) is 11.4. The third-order valence-corrected chi connectivity index (χ3v) is 5.01. The number of carbonyl (C=O) groups is 1. The molecule has 0 aromatic carbocycles. The molecule has 1 atom stereocenters. The lowest BCUT2D eigenvalue weighted by molar-refractivity contribution is -0.121. The van der Waals surface area contributed by atoms with Gasteiger partial charge in [-0.15, -0.1) is 11.3 Å². The predicted octanol–water partition coefficient (Wildman–Crippen LogP) is 1.04. The Morgan fingerprint density at radius 3 is 2.63 bits per heavy atom. The molecule has 0 aliphatic carbocycles. The van der Waals surface area contributed by atoms with Gasteiger partial charge in [-0.1, -0.05) is 0 Å². The summed E-state index contributed by atoms with van der Waals surface area (Å²) < 4.78 is 24.6. The Kier molecular flexibility index (Phi) is 5.96. The smallest absolute Gasteiger partial charge is 0.221 e. The van der Waals surface area contributed by atoms with Crippen molar-refractivity contribution in [3.05, 3.63) is 21.9 Å². The molecule has 19 heavy (non-hydrogen) atoms. The first-order valence-corrected chi connectivity index (χ1v) is 8.55. The van der Waals surface area contributed by atoms with Crippen molar-refractivity contribution in [2.75, 3.05) is 12.8 Å². The quantitative estimate of drug-likeness (QED) is 0.790. The maximum Gasteiger partial charge on any atom is 0.221 e. The second kappa shape index (κ2) is 7.02. The highest BCUT2D eigenvalue weighted by molar-refractivity contribution is 7.89. The number of hydrogen-bond acceptors (Lipinski definition) is 4. The molecule has 0 aliphatic rings. The fourth-order valence-corrected chi connectivity index (χ4v) is 3.30. The van der Waals surface area contributed by atoms with E-state index < -0.39 is 10.0 Å². The Bertz CT molecular complexity index is 523. The van der Waals surface area contributed by atoms with Crippen molar-refractivity contribution in [3.63, 3.8) is 0 Å². The lowest BCUT2D eigenvalue weighted by atomic mass is 10.2. The summed E-state index contributed by atoms with van der Waals surface area (Å²) in [5.41, 5.74) is 0. The van der Waals surface area contributed by atoms with E-state index in [4.69, 9.17) is 0 Å². The number of amides is 1. The lowest BCUT2D eigenvalue weighted by Gasteiger charge is -2.12. The topological polar surface area (TPSA) is 75.3 Å². The van der Waals surface area contributed by atoms with Gasteiger partial charge in [-0.25, -0.2) is 13.1 Å². The SMILES string of the molecule is CNS(=O)(=O)CCC(=O)N[C@@H](C)Cc1ccc(C)s1. The number of nitrogens with one attached hydrogen (secondary N) is 2. The van der Waals surface area contributed by atoms with E-state index in [1.165, 1.54) is 16.8 Å². The van der Waals surface area contributed by atoms with Gasteiger partial charge in [-0.2, -0.15) is 0 Å². The van der Waals surface area contributed by atoms with Gasteiger partial charge < -0.3 is 5.32 Å². The summed E-state index contributed by atoms with van der Waals surface area (Å²) in [5.74, 6) is -0.417. The first-order valence-electron chi connectivity index (χ1n) is 6.08. The third-order valence-electron chi connectivity index (χ3n) is 2.62. The number of carbonyl (C=O) groups excluding carboxylic acids is 1. The van der Waals surface area contributed by atoms with E-state index in [1.54, 1.807) is 11.3 Å². The van der Waals surface area contributed by atoms with Crippen LogP contribution in [0.1, 0.15) is 23.1 Å². The normalized spacial score (nSPS) is 13.2. The van der Waals surface area contributed by atoms with E-state index >= 15 is 0 Å². The number of sulfonamides is 1. The molecule has 0 radical (unpaired) electrons. The fourth-order valence-electron chi connectivity index (χ4n) is 1.62. The van der Waals surface area contributed by atoms with Gasteiger partial charge in [0, 0.05) is 28.6 Å². The molecule has 0 spiro atoms. The lowest BCUT2D eigenvalue weighted by Crippen LogP contribution is -2.35. The Balaban J connectivity index is 2.36. The van der Waals surface area contributed by atoms with Gasteiger partial charge in [-0.3, -0.25) is 4.79 Å². The van der Waals surface area contributed by atoms with Crippen LogP contribution in [0.4, 0.5) is 0 Å². The molecule has 0 saturated carbocycles. The zero-order valence-corrected chi connectivity index (χ0v) is 13.0. The largest absolute Gasteiger partial charge is 0.353 e. The minimum atomic E-state index is -3.31. The molecular weight excluding hydrogens is 284 g/mol. The molecule has 0 aliphatic heterocycles. The predicted molar refractivity (Wildman–Crippen MR) is 77.8 cm³/mol. The molecule has 0 fully saturated rings. The maximum absolute atomic E-state index is 11.6. The van der Waals surface area contributed by atoms with Crippen LogP contribution in [-0.2, 0) is 21.2 Å². The van der Waals surface area contributed by atoms with Gasteiger partial charge >= 0.3 is 0 Å². The highest BCUT2D eigenvalue weighted by atomic mass is 32.2. The Labute approximate surface area is 118 Å². The van der Waals surface area contributed by atoms with Crippen molar-refractivity contribution in [2.45, 2.75) is 32.7 Å². The summed E-state index contributed by atoms with van der Waals surface area (Å²) >= 11 is 1.71. The van der Waals surface area contributed by atoms with Crippen LogP contribution in [0.25, 0.3) is 0 Å². The summed E-state index contributed by atoms with van der Waals surface area (Å²) in [5, 5.41) is 2.81. The van der Waals surface area contributed by atoms with Crippen molar-refractivity contribution in [2.24, 2.45) is 0 Å². The average Bonchev–Trinajstić information content (AvgIpc) is 2.72. The van der Waals surface area contributed by atoms with E-state index in [0.29, 0.717) is 0 Å². The molecule has 0 unspecified atom stereocenters. The minimum Gasteiger partial charge on any atom is -0.353 e. The molecule has 7 heteroatoms. The van der Waals surface area contributed by atoms with Gasteiger partial charge in [0.25, 0.3) is 0 Å². The van der Waals surface area contributed by atoms with Gasteiger partial charge in [-0.05, 0) is 33.0 Å². The van der Waals surface area contributed by atoms with Crippen LogP contribution in [0.15, 0.2) is 12.1 Å². The van der Waals surface area contributed by atoms with Crippen LogP contribution >= 0.6 is 11.3 Å². The molecular formula is C12H20N2O3S2. The number of rotatable bonds is 7. The van der Waals surface area contributed by atoms with Crippen LogP contribution < -0.4 is 10.0 Å². The molecule has 2 N–H and O–H groups in total.